The molecular formula is C9H18O3. The quantitative estimate of drug-likeness (QED) is 0.454. The molecule has 3 heteroatoms. The van der Waals surface area contributed by atoms with E-state index in [1.54, 1.807) is 0 Å². The van der Waals surface area contributed by atoms with E-state index in [-0.39, 0.29) is 12.1 Å². The summed E-state index contributed by atoms with van der Waals surface area (Å²) in [5, 5.41) is 0. The normalized spacial score (nSPS) is 12.6. The minimum Gasteiger partial charge on any atom is -0.466 e. The molecule has 0 fully saturated rings. The van der Waals surface area contributed by atoms with Gasteiger partial charge >= 0.3 is 5.97 Å². The zero-order chi connectivity index (χ0) is 9.40. The molecule has 0 aromatic rings. The largest absolute Gasteiger partial charge is 0.466 e. The molecule has 0 aromatic carbocycles. The molecule has 0 bridgehead atoms. The molecule has 0 N–H and O–H groups in total. The summed E-state index contributed by atoms with van der Waals surface area (Å²) in [5.74, 6) is -0.209. The van der Waals surface area contributed by atoms with Gasteiger partial charge in [-0.2, -0.15) is 0 Å². The van der Waals surface area contributed by atoms with Crippen LogP contribution < -0.4 is 0 Å². The molecule has 0 aliphatic carbocycles. The lowest BCUT2D eigenvalue weighted by atomic mass is 10.2. The topological polar surface area (TPSA) is 35.5 Å². The fourth-order valence-electron chi connectivity index (χ4n) is 0.955. The fourth-order valence-corrected chi connectivity index (χ4v) is 0.955. The van der Waals surface area contributed by atoms with Crippen molar-refractivity contribution >= 4 is 5.97 Å². The molecule has 0 aliphatic heterocycles. The Morgan fingerprint density at radius 2 is 2.17 bits per heavy atom. The zero-order valence-corrected chi connectivity index (χ0v) is 8.13. The Morgan fingerprint density at radius 3 is 2.67 bits per heavy atom. The van der Waals surface area contributed by atoms with Gasteiger partial charge in [0.05, 0.1) is 12.7 Å². The highest BCUT2D eigenvalue weighted by Gasteiger charge is 2.00. The van der Waals surface area contributed by atoms with Crippen molar-refractivity contribution in [2.24, 2.45) is 0 Å². The molecule has 0 saturated heterocycles. The summed E-state index contributed by atoms with van der Waals surface area (Å²) < 4.78 is 10.1. The molecule has 0 amide bonds. The second-order valence-corrected chi connectivity index (χ2v) is 2.75. The molecule has 0 rings (SSSR count). The Kier molecular flexibility index (Phi) is 6.76. The van der Waals surface area contributed by atoms with Crippen molar-refractivity contribution in [2.75, 3.05) is 13.2 Å². The minimum absolute atomic E-state index is 0.209. The summed E-state index contributed by atoms with van der Waals surface area (Å²) in [7, 11) is 0. The van der Waals surface area contributed by atoms with Crippen molar-refractivity contribution in [1.82, 2.24) is 0 Å². The van der Waals surface area contributed by atoms with E-state index in [4.69, 9.17) is 9.47 Å². The van der Waals surface area contributed by atoms with E-state index < -0.39 is 0 Å². The summed E-state index contributed by atoms with van der Waals surface area (Å²) in [6.07, 6.45) is 2.09. The molecule has 1 unspecified atom stereocenters. The first-order chi connectivity index (χ1) is 5.66. The molecule has 1 atom stereocenters. The van der Waals surface area contributed by atoms with Crippen molar-refractivity contribution in [1.29, 1.82) is 0 Å². The average molecular weight is 174 g/mol. The van der Waals surface area contributed by atoms with E-state index in [2.05, 4.69) is 0 Å². The monoisotopic (exact) mass is 174 g/mol. The standard InChI is InChI=1S/C9H18O3/c1-4-11-8(2)6-5-7-12-9(3)10/h8H,4-7H2,1-3H3. The summed E-state index contributed by atoms with van der Waals surface area (Å²) >= 11 is 0. The molecule has 0 aliphatic rings. The van der Waals surface area contributed by atoms with Crippen LogP contribution in [0.15, 0.2) is 0 Å². The molecule has 3 nitrogen and oxygen atoms in total. The number of rotatable bonds is 6. The predicted octanol–water partition coefficient (Wildman–Crippen LogP) is 1.75. The third-order valence-corrected chi connectivity index (χ3v) is 1.51. The Morgan fingerprint density at radius 1 is 1.50 bits per heavy atom. The number of hydrogen-bond donors (Lipinski definition) is 0. The van der Waals surface area contributed by atoms with E-state index >= 15 is 0 Å². The van der Waals surface area contributed by atoms with Crippen LogP contribution in [0, 0.1) is 0 Å². The van der Waals surface area contributed by atoms with Crippen molar-refractivity contribution < 1.29 is 14.3 Å². The first-order valence-corrected chi connectivity index (χ1v) is 4.41. The lowest BCUT2D eigenvalue weighted by Crippen LogP contribution is -2.09. The second-order valence-electron chi connectivity index (χ2n) is 2.75. The maximum absolute atomic E-state index is 10.4. The highest BCUT2D eigenvalue weighted by molar-refractivity contribution is 5.65. The van der Waals surface area contributed by atoms with Gasteiger partial charge in [0.25, 0.3) is 0 Å². The summed E-state index contributed by atoms with van der Waals surface area (Å²) in [6, 6.07) is 0. The van der Waals surface area contributed by atoms with Crippen LogP contribution in [0.5, 0.6) is 0 Å². The third kappa shape index (κ3) is 7.54. The van der Waals surface area contributed by atoms with Gasteiger partial charge in [0.1, 0.15) is 0 Å². The van der Waals surface area contributed by atoms with Gasteiger partial charge in [-0.05, 0) is 26.7 Å². The van der Waals surface area contributed by atoms with Gasteiger partial charge in [0.15, 0.2) is 0 Å². The maximum atomic E-state index is 10.4. The lowest BCUT2D eigenvalue weighted by molar-refractivity contribution is -0.141. The van der Waals surface area contributed by atoms with Crippen LogP contribution in [0.2, 0.25) is 0 Å². The first kappa shape index (κ1) is 11.4. The third-order valence-electron chi connectivity index (χ3n) is 1.51. The summed E-state index contributed by atoms with van der Waals surface area (Å²) in [6.45, 7) is 6.67. The van der Waals surface area contributed by atoms with Crippen molar-refractivity contribution in [3.63, 3.8) is 0 Å². The van der Waals surface area contributed by atoms with Crippen LogP contribution >= 0.6 is 0 Å². The number of carbonyl (C=O) groups is 1. The molecular weight excluding hydrogens is 156 g/mol. The fraction of sp³-hybridized carbons (Fsp3) is 0.889. The maximum Gasteiger partial charge on any atom is 0.302 e. The molecule has 72 valence electrons. The van der Waals surface area contributed by atoms with Crippen molar-refractivity contribution in [2.45, 2.75) is 39.7 Å². The zero-order valence-electron chi connectivity index (χ0n) is 8.13. The average Bonchev–Trinajstić information content (AvgIpc) is 1.98. The van der Waals surface area contributed by atoms with Crippen molar-refractivity contribution in [3.8, 4) is 0 Å². The van der Waals surface area contributed by atoms with Crippen LogP contribution in [0.4, 0.5) is 0 Å². The number of esters is 1. The molecule has 0 saturated carbocycles. The smallest absolute Gasteiger partial charge is 0.302 e. The molecule has 0 radical (unpaired) electrons. The number of ether oxygens (including phenoxy) is 2. The minimum atomic E-state index is -0.209. The Labute approximate surface area is 74.0 Å². The first-order valence-electron chi connectivity index (χ1n) is 4.41. The van der Waals surface area contributed by atoms with Gasteiger partial charge in [0.2, 0.25) is 0 Å². The second kappa shape index (κ2) is 7.10. The Bertz CT molecular complexity index is 123. The van der Waals surface area contributed by atoms with Crippen LogP contribution in [0.1, 0.15) is 33.6 Å². The number of hydrogen-bond acceptors (Lipinski definition) is 3. The highest BCUT2D eigenvalue weighted by atomic mass is 16.5. The number of carbonyl (C=O) groups excluding carboxylic acids is 1. The Balaban J connectivity index is 3.13. The molecule has 12 heavy (non-hydrogen) atoms. The van der Waals surface area contributed by atoms with Crippen LogP contribution in [0.3, 0.4) is 0 Å². The van der Waals surface area contributed by atoms with Gasteiger partial charge in [-0.15, -0.1) is 0 Å². The van der Waals surface area contributed by atoms with E-state index in [1.807, 2.05) is 13.8 Å². The van der Waals surface area contributed by atoms with E-state index in [0.29, 0.717) is 6.61 Å². The van der Waals surface area contributed by atoms with E-state index in [1.165, 1.54) is 6.92 Å². The van der Waals surface area contributed by atoms with E-state index in [9.17, 15) is 4.79 Å². The molecule has 0 spiro atoms. The molecule has 0 aromatic heterocycles. The SMILES string of the molecule is CCOC(C)CCCOC(C)=O. The molecule has 0 heterocycles. The Hall–Kier alpha value is -0.570. The highest BCUT2D eigenvalue weighted by Crippen LogP contribution is 2.01. The van der Waals surface area contributed by atoms with Crippen LogP contribution in [0.25, 0.3) is 0 Å². The van der Waals surface area contributed by atoms with Gasteiger partial charge < -0.3 is 9.47 Å². The van der Waals surface area contributed by atoms with Crippen LogP contribution in [-0.2, 0) is 14.3 Å². The van der Waals surface area contributed by atoms with Gasteiger partial charge in [-0.1, -0.05) is 0 Å². The summed E-state index contributed by atoms with van der Waals surface area (Å²) in [4.78, 5) is 10.4. The predicted molar refractivity (Wildman–Crippen MR) is 47.0 cm³/mol. The van der Waals surface area contributed by atoms with E-state index in [0.717, 1.165) is 19.4 Å². The van der Waals surface area contributed by atoms with Crippen molar-refractivity contribution in [3.05, 3.63) is 0 Å². The van der Waals surface area contributed by atoms with Crippen LogP contribution in [-0.4, -0.2) is 25.3 Å². The van der Waals surface area contributed by atoms with Gasteiger partial charge in [-0.3, -0.25) is 4.79 Å². The van der Waals surface area contributed by atoms with Gasteiger partial charge in [-0.25, -0.2) is 0 Å². The lowest BCUT2D eigenvalue weighted by Gasteiger charge is -2.10. The summed E-state index contributed by atoms with van der Waals surface area (Å²) in [5.41, 5.74) is 0. The van der Waals surface area contributed by atoms with Gasteiger partial charge in [0, 0.05) is 13.5 Å².